The van der Waals surface area contributed by atoms with Gasteiger partial charge in [-0.1, -0.05) is 121 Å². The van der Waals surface area contributed by atoms with Crippen molar-refractivity contribution in [1.82, 2.24) is 0 Å². The number of para-hydroxylation sites is 5. The van der Waals surface area contributed by atoms with E-state index >= 15 is 0 Å². The molecule has 2 aromatic heterocycles. The van der Waals surface area contributed by atoms with Crippen molar-refractivity contribution in [3.63, 3.8) is 0 Å². The minimum Gasteiger partial charge on any atom is -0.456 e. The highest BCUT2D eigenvalue weighted by molar-refractivity contribution is 6.10. The summed E-state index contributed by atoms with van der Waals surface area (Å²) in [5.74, 6) is 0. The lowest BCUT2D eigenvalue weighted by molar-refractivity contribution is 0.669. The Hall–Kier alpha value is -7.82. The van der Waals surface area contributed by atoms with Crippen molar-refractivity contribution >= 4 is 78.0 Å². The molecule has 0 unspecified atom stereocenters. The fraction of sp³-hybridized carbons (Fsp3) is 0. The fourth-order valence-corrected chi connectivity index (χ4v) is 8.27. The third kappa shape index (κ3) is 5.87. The zero-order valence-corrected chi connectivity index (χ0v) is 31.5. The molecule has 0 fully saturated rings. The molecule has 0 spiro atoms. The van der Waals surface area contributed by atoms with E-state index in [2.05, 4.69) is 204 Å². The average Bonchev–Trinajstić information content (AvgIpc) is 3.87. The molecule has 0 N–H and O–H groups in total. The number of nitrogens with zero attached hydrogens (tertiary/aromatic N) is 2. The lowest BCUT2D eigenvalue weighted by atomic mass is 10.0. The summed E-state index contributed by atoms with van der Waals surface area (Å²) in [4.78, 5) is 4.61. The maximum atomic E-state index is 6.42. The standard InChI is InChI=1S/C54H36N2O2/c1-3-12-40(13-4-1)55(41-14-5-2-6-15-41)44-31-33-45(34-32-44)56(42-27-22-37(23-28-42)39-26-35-53-50(36-39)48-17-8-9-20-51(48)57-53)43-29-24-38(25-30-43)46-18-11-19-49-47-16-7-10-21-52(47)58-54(46)49/h1-36H. The number of hydrogen-bond acceptors (Lipinski definition) is 4. The van der Waals surface area contributed by atoms with Crippen molar-refractivity contribution in [3.05, 3.63) is 218 Å². The summed E-state index contributed by atoms with van der Waals surface area (Å²) in [6.45, 7) is 0. The molecule has 2 heterocycles. The Kier molecular flexibility index (Phi) is 8.11. The van der Waals surface area contributed by atoms with E-state index < -0.39 is 0 Å². The molecule has 0 aliphatic heterocycles. The van der Waals surface area contributed by atoms with Gasteiger partial charge in [-0.3, -0.25) is 0 Å². The maximum Gasteiger partial charge on any atom is 0.143 e. The molecule has 0 aliphatic rings. The molecule has 0 aliphatic carbocycles. The van der Waals surface area contributed by atoms with Crippen LogP contribution in [0.5, 0.6) is 0 Å². The highest BCUT2D eigenvalue weighted by atomic mass is 16.3. The predicted octanol–water partition coefficient (Wildman–Crippen LogP) is 15.8. The summed E-state index contributed by atoms with van der Waals surface area (Å²) in [7, 11) is 0. The summed E-state index contributed by atoms with van der Waals surface area (Å²) in [6, 6.07) is 76.8. The van der Waals surface area contributed by atoms with Gasteiger partial charge >= 0.3 is 0 Å². The van der Waals surface area contributed by atoms with E-state index in [9.17, 15) is 0 Å². The molecular weight excluding hydrogens is 709 g/mol. The first-order valence-electron chi connectivity index (χ1n) is 19.6. The van der Waals surface area contributed by atoms with Gasteiger partial charge in [0.15, 0.2) is 0 Å². The van der Waals surface area contributed by atoms with E-state index in [0.717, 1.165) is 100 Å². The van der Waals surface area contributed by atoms with Crippen LogP contribution in [-0.2, 0) is 0 Å². The van der Waals surface area contributed by atoms with Crippen LogP contribution in [0.4, 0.5) is 34.1 Å². The van der Waals surface area contributed by atoms with Crippen molar-refractivity contribution in [2.24, 2.45) is 0 Å². The summed E-state index contributed by atoms with van der Waals surface area (Å²) < 4.78 is 12.5. The average molecular weight is 745 g/mol. The molecule has 9 aromatic carbocycles. The second-order valence-corrected chi connectivity index (χ2v) is 14.5. The Morgan fingerprint density at radius 2 is 0.672 bits per heavy atom. The molecule has 0 saturated carbocycles. The molecule has 274 valence electrons. The summed E-state index contributed by atoms with van der Waals surface area (Å²) in [5.41, 5.74) is 14.5. The second-order valence-electron chi connectivity index (χ2n) is 14.5. The lowest BCUT2D eigenvalue weighted by Crippen LogP contribution is -2.12. The molecule has 4 nitrogen and oxygen atoms in total. The molecule has 4 heteroatoms. The highest BCUT2D eigenvalue weighted by Gasteiger charge is 2.18. The number of benzene rings is 9. The van der Waals surface area contributed by atoms with E-state index in [-0.39, 0.29) is 0 Å². The van der Waals surface area contributed by atoms with E-state index in [1.165, 1.54) is 0 Å². The van der Waals surface area contributed by atoms with Gasteiger partial charge in [-0.05, 0) is 114 Å². The largest absolute Gasteiger partial charge is 0.456 e. The van der Waals surface area contributed by atoms with E-state index in [1.54, 1.807) is 0 Å². The normalized spacial score (nSPS) is 11.4. The highest BCUT2D eigenvalue weighted by Crippen LogP contribution is 2.42. The topological polar surface area (TPSA) is 32.8 Å². The summed E-state index contributed by atoms with van der Waals surface area (Å²) in [5, 5.41) is 4.50. The lowest BCUT2D eigenvalue weighted by Gasteiger charge is -2.28. The maximum absolute atomic E-state index is 6.42. The van der Waals surface area contributed by atoms with Crippen LogP contribution in [0.25, 0.3) is 66.1 Å². The molecule has 58 heavy (non-hydrogen) atoms. The van der Waals surface area contributed by atoms with Crippen LogP contribution in [0.1, 0.15) is 0 Å². The second kappa shape index (κ2) is 14.0. The molecule has 0 amide bonds. The van der Waals surface area contributed by atoms with Crippen LogP contribution >= 0.6 is 0 Å². The number of furan rings is 2. The van der Waals surface area contributed by atoms with E-state index in [4.69, 9.17) is 8.83 Å². The van der Waals surface area contributed by atoms with Gasteiger partial charge in [0.25, 0.3) is 0 Å². The summed E-state index contributed by atoms with van der Waals surface area (Å²) >= 11 is 0. The van der Waals surface area contributed by atoms with Gasteiger partial charge in [-0.25, -0.2) is 0 Å². The van der Waals surface area contributed by atoms with Gasteiger partial charge in [0, 0.05) is 61.2 Å². The SMILES string of the molecule is c1ccc(N(c2ccccc2)c2ccc(N(c3ccc(-c4ccc5oc6ccccc6c5c4)cc3)c3ccc(-c4cccc5c4oc4ccccc45)cc3)cc2)cc1. The predicted molar refractivity (Wildman–Crippen MR) is 241 cm³/mol. The van der Waals surface area contributed by atoms with Crippen molar-refractivity contribution in [3.8, 4) is 22.3 Å². The van der Waals surface area contributed by atoms with Gasteiger partial charge in [0.2, 0.25) is 0 Å². The van der Waals surface area contributed by atoms with Gasteiger partial charge in [-0.15, -0.1) is 0 Å². The van der Waals surface area contributed by atoms with Crippen LogP contribution < -0.4 is 9.80 Å². The van der Waals surface area contributed by atoms with Gasteiger partial charge in [0.05, 0.1) is 0 Å². The zero-order valence-electron chi connectivity index (χ0n) is 31.5. The first-order valence-corrected chi connectivity index (χ1v) is 19.6. The third-order valence-corrected chi connectivity index (χ3v) is 11.1. The summed E-state index contributed by atoms with van der Waals surface area (Å²) in [6.07, 6.45) is 0. The van der Waals surface area contributed by atoms with Crippen LogP contribution in [0.15, 0.2) is 227 Å². The van der Waals surface area contributed by atoms with Crippen LogP contribution in [0, 0.1) is 0 Å². The Morgan fingerprint density at radius 3 is 1.26 bits per heavy atom. The van der Waals surface area contributed by atoms with Crippen molar-refractivity contribution in [1.29, 1.82) is 0 Å². The molecule has 11 rings (SSSR count). The molecule has 11 aromatic rings. The van der Waals surface area contributed by atoms with Crippen LogP contribution in [0.2, 0.25) is 0 Å². The van der Waals surface area contributed by atoms with Crippen molar-refractivity contribution in [2.45, 2.75) is 0 Å². The molecule has 0 bridgehead atoms. The molecule has 0 atom stereocenters. The van der Waals surface area contributed by atoms with E-state index in [1.807, 2.05) is 24.3 Å². The monoisotopic (exact) mass is 744 g/mol. The molecule has 0 saturated heterocycles. The van der Waals surface area contributed by atoms with E-state index in [0.29, 0.717) is 0 Å². The quantitative estimate of drug-likeness (QED) is 0.155. The number of hydrogen-bond donors (Lipinski definition) is 0. The minimum absolute atomic E-state index is 0.897. The Bertz CT molecular complexity index is 3160. The van der Waals surface area contributed by atoms with Crippen LogP contribution in [0.3, 0.4) is 0 Å². The van der Waals surface area contributed by atoms with Crippen LogP contribution in [-0.4, -0.2) is 0 Å². The van der Waals surface area contributed by atoms with Crippen molar-refractivity contribution in [2.75, 3.05) is 9.80 Å². The number of anilines is 6. The fourth-order valence-electron chi connectivity index (χ4n) is 8.27. The minimum atomic E-state index is 0.897. The van der Waals surface area contributed by atoms with Crippen molar-refractivity contribution < 1.29 is 8.83 Å². The van der Waals surface area contributed by atoms with Gasteiger partial charge < -0.3 is 18.6 Å². The first kappa shape index (κ1) is 33.5. The third-order valence-electron chi connectivity index (χ3n) is 11.1. The Balaban J connectivity index is 0.992. The smallest absolute Gasteiger partial charge is 0.143 e. The zero-order chi connectivity index (χ0) is 38.4. The molecule has 0 radical (unpaired) electrons. The Labute approximate surface area is 336 Å². The molecular formula is C54H36N2O2. The number of fused-ring (bicyclic) bond motifs is 6. The Morgan fingerprint density at radius 1 is 0.259 bits per heavy atom. The number of rotatable bonds is 8. The van der Waals surface area contributed by atoms with Gasteiger partial charge in [0.1, 0.15) is 22.3 Å². The van der Waals surface area contributed by atoms with Gasteiger partial charge in [-0.2, -0.15) is 0 Å². The first-order chi connectivity index (χ1) is 28.7.